The van der Waals surface area contributed by atoms with Crippen molar-refractivity contribution < 1.29 is 4.79 Å². The van der Waals surface area contributed by atoms with Gasteiger partial charge in [0.25, 0.3) is 5.56 Å². The lowest BCUT2D eigenvalue weighted by Gasteiger charge is -1.97. The summed E-state index contributed by atoms with van der Waals surface area (Å²) in [5.41, 5.74) is -1.58. The zero-order valence-electron chi connectivity index (χ0n) is 6.13. The van der Waals surface area contributed by atoms with Gasteiger partial charge in [-0.15, -0.1) is 0 Å². The monoisotopic (exact) mass is 188 g/mol. The van der Waals surface area contributed by atoms with E-state index in [1.165, 1.54) is 7.05 Å². The predicted molar refractivity (Wildman–Crippen MR) is 42.7 cm³/mol. The van der Waals surface area contributed by atoms with Crippen LogP contribution in [0.25, 0.3) is 0 Å². The van der Waals surface area contributed by atoms with Crippen LogP contribution in [0.15, 0.2) is 9.59 Å². The fraction of sp³-hybridized carbons (Fsp3) is 0.167. The Morgan fingerprint density at radius 2 is 2.08 bits per heavy atom. The van der Waals surface area contributed by atoms with Crippen LogP contribution in [0.2, 0.25) is 5.15 Å². The molecule has 0 radical (unpaired) electrons. The third-order valence-corrected chi connectivity index (χ3v) is 1.71. The Morgan fingerprint density at radius 3 is 2.58 bits per heavy atom. The Morgan fingerprint density at radius 1 is 1.50 bits per heavy atom. The van der Waals surface area contributed by atoms with Crippen molar-refractivity contribution in [3.63, 3.8) is 0 Å². The van der Waals surface area contributed by atoms with Crippen LogP contribution in [0.1, 0.15) is 10.4 Å². The smallest absolute Gasteiger partial charge is 0.298 e. The summed E-state index contributed by atoms with van der Waals surface area (Å²) in [5, 5.41) is -0.224. The minimum Gasteiger partial charge on any atom is -0.298 e. The van der Waals surface area contributed by atoms with E-state index >= 15 is 0 Å². The molecule has 0 saturated heterocycles. The molecule has 0 aromatic carbocycles. The van der Waals surface area contributed by atoms with Crippen LogP contribution in [0, 0.1) is 0 Å². The van der Waals surface area contributed by atoms with Crippen molar-refractivity contribution >= 4 is 17.9 Å². The van der Waals surface area contributed by atoms with Crippen molar-refractivity contribution in [1.82, 2.24) is 9.55 Å². The number of carbonyl (C=O) groups is 1. The first-order chi connectivity index (χ1) is 5.57. The summed E-state index contributed by atoms with van der Waals surface area (Å²) in [7, 11) is 1.25. The highest BCUT2D eigenvalue weighted by atomic mass is 35.5. The SMILES string of the molecule is Cn1c(=O)[nH]c(Cl)c(C=O)c1=O. The predicted octanol–water partition coefficient (Wildman–Crippen LogP) is -0.461. The Bertz CT molecular complexity index is 431. The van der Waals surface area contributed by atoms with Gasteiger partial charge >= 0.3 is 5.69 Å². The number of nitrogens with zero attached hydrogens (tertiary/aromatic N) is 1. The Kier molecular flexibility index (Phi) is 2.14. The third-order valence-electron chi connectivity index (χ3n) is 1.41. The fourth-order valence-corrected chi connectivity index (χ4v) is 0.920. The maximum absolute atomic E-state index is 11.1. The molecule has 6 heteroatoms. The van der Waals surface area contributed by atoms with Gasteiger partial charge in [-0.25, -0.2) is 4.79 Å². The van der Waals surface area contributed by atoms with Gasteiger partial charge in [-0.1, -0.05) is 11.6 Å². The molecule has 0 aliphatic heterocycles. The van der Waals surface area contributed by atoms with E-state index in [0.717, 1.165) is 4.57 Å². The van der Waals surface area contributed by atoms with Crippen LogP contribution in [-0.2, 0) is 7.05 Å². The molecule has 1 rings (SSSR count). The van der Waals surface area contributed by atoms with Gasteiger partial charge in [-0.05, 0) is 0 Å². The van der Waals surface area contributed by atoms with Gasteiger partial charge in [0.1, 0.15) is 10.7 Å². The number of carbonyl (C=O) groups excluding carboxylic acids is 1. The summed E-state index contributed by atoms with van der Waals surface area (Å²) >= 11 is 5.41. The summed E-state index contributed by atoms with van der Waals surface area (Å²) in [6, 6.07) is 0. The summed E-state index contributed by atoms with van der Waals surface area (Å²) in [6.07, 6.45) is 0.306. The number of aldehydes is 1. The molecule has 0 amide bonds. The molecule has 0 fully saturated rings. The van der Waals surface area contributed by atoms with E-state index in [0.29, 0.717) is 6.29 Å². The number of aromatic nitrogens is 2. The minimum absolute atomic E-state index is 0.224. The topological polar surface area (TPSA) is 71.9 Å². The van der Waals surface area contributed by atoms with E-state index in [1.54, 1.807) is 0 Å². The quantitative estimate of drug-likeness (QED) is 0.479. The van der Waals surface area contributed by atoms with Crippen LogP contribution in [0.5, 0.6) is 0 Å². The maximum atomic E-state index is 11.1. The Balaban J connectivity index is 3.75. The molecule has 1 N–H and O–H groups in total. The van der Waals surface area contributed by atoms with Gasteiger partial charge in [0.15, 0.2) is 6.29 Å². The normalized spacial score (nSPS) is 9.83. The van der Waals surface area contributed by atoms with Crippen LogP contribution < -0.4 is 11.2 Å². The minimum atomic E-state index is -0.696. The molecule has 0 saturated carbocycles. The molecule has 1 aromatic rings. The summed E-state index contributed by atoms with van der Waals surface area (Å²) in [4.78, 5) is 34.3. The Labute approximate surface area is 71.6 Å². The van der Waals surface area contributed by atoms with E-state index in [2.05, 4.69) is 4.98 Å². The van der Waals surface area contributed by atoms with Crippen LogP contribution in [-0.4, -0.2) is 15.8 Å². The number of aromatic amines is 1. The van der Waals surface area contributed by atoms with Crippen molar-refractivity contribution in [3.05, 3.63) is 31.6 Å². The molecule has 5 nitrogen and oxygen atoms in total. The number of halogens is 1. The highest BCUT2D eigenvalue weighted by Gasteiger charge is 2.08. The summed E-state index contributed by atoms with van der Waals surface area (Å²) in [5.74, 6) is 0. The first-order valence-electron chi connectivity index (χ1n) is 3.02. The van der Waals surface area contributed by atoms with E-state index in [9.17, 15) is 14.4 Å². The van der Waals surface area contributed by atoms with Crippen molar-refractivity contribution in [2.24, 2.45) is 7.05 Å². The van der Waals surface area contributed by atoms with Gasteiger partial charge in [0, 0.05) is 7.05 Å². The lowest BCUT2D eigenvalue weighted by atomic mass is 10.4. The van der Waals surface area contributed by atoms with Crippen LogP contribution in [0.4, 0.5) is 0 Å². The van der Waals surface area contributed by atoms with Gasteiger partial charge in [-0.2, -0.15) is 0 Å². The lowest BCUT2D eigenvalue weighted by Crippen LogP contribution is -2.34. The van der Waals surface area contributed by atoms with Crippen LogP contribution >= 0.6 is 11.6 Å². The second-order valence-electron chi connectivity index (χ2n) is 2.14. The van der Waals surface area contributed by atoms with E-state index in [1.807, 2.05) is 0 Å². The van der Waals surface area contributed by atoms with Gasteiger partial charge in [0.05, 0.1) is 0 Å². The number of hydrogen-bond donors (Lipinski definition) is 1. The number of hydrogen-bond acceptors (Lipinski definition) is 3. The molecular formula is C6H5ClN2O3. The van der Waals surface area contributed by atoms with Crippen molar-refractivity contribution in [2.45, 2.75) is 0 Å². The van der Waals surface area contributed by atoms with E-state index in [4.69, 9.17) is 11.6 Å². The average molecular weight is 189 g/mol. The molecule has 0 unspecified atom stereocenters. The average Bonchev–Trinajstić information content (AvgIpc) is 2.01. The molecule has 0 atom stereocenters. The largest absolute Gasteiger partial charge is 0.329 e. The van der Waals surface area contributed by atoms with Gasteiger partial charge < -0.3 is 0 Å². The second kappa shape index (κ2) is 2.94. The van der Waals surface area contributed by atoms with Crippen molar-refractivity contribution in [2.75, 3.05) is 0 Å². The number of rotatable bonds is 1. The van der Waals surface area contributed by atoms with Crippen molar-refractivity contribution in [1.29, 1.82) is 0 Å². The molecule has 0 bridgehead atoms. The first-order valence-corrected chi connectivity index (χ1v) is 3.39. The first kappa shape index (κ1) is 8.73. The fourth-order valence-electron chi connectivity index (χ4n) is 0.714. The van der Waals surface area contributed by atoms with Gasteiger partial charge in [0.2, 0.25) is 0 Å². The maximum Gasteiger partial charge on any atom is 0.329 e. The molecule has 64 valence electrons. The summed E-state index contributed by atoms with van der Waals surface area (Å²) < 4.78 is 0.773. The molecule has 0 aliphatic carbocycles. The van der Waals surface area contributed by atoms with Gasteiger partial charge in [-0.3, -0.25) is 19.1 Å². The molecular weight excluding hydrogens is 184 g/mol. The molecule has 1 heterocycles. The lowest BCUT2D eigenvalue weighted by molar-refractivity contribution is 0.112. The number of H-pyrrole nitrogens is 1. The van der Waals surface area contributed by atoms with E-state index in [-0.39, 0.29) is 10.7 Å². The molecule has 1 aromatic heterocycles. The molecule has 0 aliphatic rings. The zero-order valence-corrected chi connectivity index (χ0v) is 6.88. The highest BCUT2D eigenvalue weighted by Crippen LogP contribution is 2.01. The van der Waals surface area contributed by atoms with E-state index < -0.39 is 11.2 Å². The standard InChI is InChI=1S/C6H5ClN2O3/c1-9-5(11)3(2-10)4(7)8-6(9)12/h2H,1H3,(H,8,12). The van der Waals surface area contributed by atoms with Crippen molar-refractivity contribution in [3.8, 4) is 0 Å². The third kappa shape index (κ3) is 1.18. The molecule has 12 heavy (non-hydrogen) atoms. The van der Waals surface area contributed by atoms with Crippen LogP contribution in [0.3, 0.4) is 0 Å². The highest BCUT2D eigenvalue weighted by molar-refractivity contribution is 6.31. The molecule has 0 spiro atoms. The Hall–Kier alpha value is -1.36. The summed E-state index contributed by atoms with van der Waals surface area (Å²) in [6.45, 7) is 0. The number of nitrogens with one attached hydrogen (secondary N) is 1. The zero-order chi connectivity index (χ0) is 9.30. The second-order valence-corrected chi connectivity index (χ2v) is 2.52.